The van der Waals surface area contributed by atoms with Crippen LogP contribution in [0.1, 0.15) is 52.7 Å². The quantitative estimate of drug-likeness (QED) is 0.157. The number of para-hydroxylation sites is 2. The van der Waals surface area contributed by atoms with Gasteiger partial charge in [0, 0.05) is 22.7 Å². The lowest BCUT2D eigenvalue weighted by Crippen LogP contribution is -2.77. The minimum Gasteiger partial charge on any atom is -0.309 e. The Labute approximate surface area is 327 Å². The van der Waals surface area contributed by atoms with E-state index in [2.05, 4.69) is 227 Å². The van der Waals surface area contributed by atoms with Crippen LogP contribution in [0.2, 0.25) is 5.02 Å². The van der Waals surface area contributed by atoms with E-state index in [-0.39, 0.29) is 10.8 Å². The van der Waals surface area contributed by atoms with Crippen LogP contribution in [0.4, 0.5) is 34.1 Å². The van der Waals surface area contributed by atoms with Crippen LogP contribution in [0.25, 0.3) is 0 Å². The Morgan fingerprint density at radius 2 is 0.815 bits per heavy atom. The molecule has 0 aliphatic carbocycles. The summed E-state index contributed by atoms with van der Waals surface area (Å²) in [6.45, 7) is 13.5. The molecule has 0 bridgehead atoms. The monoisotopic (exact) mass is 738 g/mol. The molecule has 0 aromatic heterocycles. The summed E-state index contributed by atoms with van der Waals surface area (Å²) >= 11 is 7.81. The maximum absolute atomic E-state index is 7.81. The summed E-state index contributed by atoms with van der Waals surface area (Å²) < 4.78 is 0. The van der Waals surface area contributed by atoms with E-state index < -0.39 is 8.07 Å². The first-order valence-corrected chi connectivity index (χ1v) is 21.3. The Morgan fingerprint density at radius 1 is 0.426 bits per heavy atom. The molecule has 0 fully saturated rings. The molecule has 8 rings (SSSR count). The summed E-state index contributed by atoms with van der Waals surface area (Å²) in [6, 6.07) is 64.6. The minimum absolute atomic E-state index is 0.0440. The number of fused-ring (bicyclic) bond motifs is 2. The van der Waals surface area contributed by atoms with Gasteiger partial charge in [-0.2, -0.15) is 0 Å². The lowest BCUT2D eigenvalue weighted by molar-refractivity contribution is 0.590. The lowest BCUT2D eigenvalue weighted by atomic mass is 9.86. The van der Waals surface area contributed by atoms with Crippen LogP contribution in [-0.2, 0) is 10.8 Å². The number of anilines is 6. The van der Waals surface area contributed by atoms with Crippen LogP contribution in [0.15, 0.2) is 176 Å². The van der Waals surface area contributed by atoms with Gasteiger partial charge in [-0.15, -0.1) is 0 Å². The van der Waals surface area contributed by atoms with Gasteiger partial charge in [-0.05, 0) is 91.2 Å². The molecule has 0 amide bonds. The normalized spacial score (nSPS) is 13.6. The molecular weight excluding hydrogens is 692 g/mol. The molecular formula is C50H47ClN2Si. The Balaban J connectivity index is 1.36. The first kappa shape index (κ1) is 35.7. The molecule has 0 saturated heterocycles. The number of halogens is 1. The highest BCUT2D eigenvalue weighted by molar-refractivity contribution is 7.21. The molecule has 0 N–H and O–H groups in total. The zero-order chi connectivity index (χ0) is 37.7. The number of rotatable bonds is 6. The summed E-state index contributed by atoms with van der Waals surface area (Å²) in [4.78, 5) is 4.71. The van der Waals surface area contributed by atoms with Gasteiger partial charge in [0.05, 0.1) is 16.4 Å². The van der Waals surface area contributed by atoms with Crippen molar-refractivity contribution < 1.29 is 0 Å². The smallest absolute Gasteiger partial charge is 0.184 e. The van der Waals surface area contributed by atoms with Crippen molar-refractivity contribution in [3.8, 4) is 0 Å². The maximum atomic E-state index is 7.81. The van der Waals surface area contributed by atoms with Crippen LogP contribution in [0, 0.1) is 0 Å². The van der Waals surface area contributed by atoms with E-state index in [1.165, 1.54) is 31.9 Å². The van der Waals surface area contributed by atoms with Crippen molar-refractivity contribution in [2.24, 2.45) is 0 Å². The van der Waals surface area contributed by atoms with E-state index in [4.69, 9.17) is 11.6 Å². The van der Waals surface area contributed by atoms with Crippen LogP contribution in [-0.4, -0.2) is 8.07 Å². The number of hydrogen-bond donors (Lipinski definition) is 0. The van der Waals surface area contributed by atoms with Gasteiger partial charge in [0.25, 0.3) is 0 Å². The van der Waals surface area contributed by atoms with Crippen molar-refractivity contribution in [1.29, 1.82) is 0 Å². The predicted octanol–water partition coefficient (Wildman–Crippen LogP) is 11.6. The van der Waals surface area contributed by atoms with Crippen molar-refractivity contribution >= 4 is 74.5 Å². The molecule has 0 radical (unpaired) electrons. The van der Waals surface area contributed by atoms with Crippen molar-refractivity contribution in [2.45, 2.75) is 52.4 Å². The zero-order valence-corrected chi connectivity index (χ0v) is 33.8. The number of hydrogen-bond acceptors (Lipinski definition) is 2. The van der Waals surface area contributed by atoms with Gasteiger partial charge in [-0.1, -0.05) is 181 Å². The highest BCUT2D eigenvalue weighted by atomic mass is 35.5. The molecule has 4 heteroatoms. The second-order valence-corrected chi connectivity index (χ2v) is 20.5. The van der Waals surface area contributed by atoms with Gasteiger partial charge < -0.3 is 9.80 Å². The van der Waals surface area contributed by atoms with Crippen LogP contribution >= 0.6 is 11.6 Å². The Bertz CT molecular complexity index is 2260. The SMILES string of the molecule is CC(C)(C)c1ccc(N(c2ccc(C(C)(C)C)cc2)c2cccc(N3c4ccccc4[Si](c4ccccc4)(c4ccccc4)c4ccccc43)c2Cl)cc1. The van der Waals surface area contributed by atoms with Gasteiger partial charge >= 0.3 is 0 Å². The molecule has 1 aliphatic heterocycles. The third-order valence-electron chi connectivity index (χ3n) is 10.9. The van der Waals surface area contributed by atoms with E-state index in [9.17, 15) is 0 Å². The van der Waals surface area contributed by atoms with E-state index in [1.807, 2.05) is 0 Å². The molecule has 7 aromatic carbocycles. The lowest BCUT2D eigenvalue weighted by Gasteiger charge is -2.45. The first-order valence-electron chi connectivity index (χ1n) is 18.9. The molecule has 0 saturated carbocycles. The van der Waals surface area contributed by atoms with E-state index in [0.29, 0.717) is 5.02 Å². The Hall–Kier alpha value is -5.35. The fourth-order valence-electron chi connectivity index (χ4n) is 8.17. The molecule has 0 atom stereocenters. The summed E-state index contributed by atoms with van der Waals surface area (Å²) in [7, 11) is -2.75. The van der Waals surface area contributed by atoms with E-state index in [1.54, 1.807) is 0 Å². The van der Waals surface area contributed by atoms with Crippen molar-refractivity contribution in [3.63, 3.8) is 0 Å². The summed E-state index contributed by atoms with van der Waals surface area (Å²) in [5.41, 5.74) is 8.98. The zero-order valence-electron chi connectivity index (χ0n) is 32.0. The van der Waals surface area contributed by atoms with Gasteiger partial charge in [0.15, 0.2) is 8.07 Å². The Morgan fingerprint density at radius 3 is 1.24 bits per heavy atom. The predicted molar refractivity (Wildman–Crippen MR) is 235 cm³/mol. The van der Waals surface area contributed by atoms with Gasteiger partial charge in [0.1, 0.15) is 0 Å². The highest BCUT2D eigenvalue weighted by Gasteiger charge is 2.48. The van der Waals surface area contributed by atoms with Crippen LogP contribution in [0.5, 0.6) is 0 Å². The third kappa shape index (κ3) is 6.06. The van der Waals surface area contributed by atoms with Gasteiger partial charge in [0.2, 0.25) is 0 Å². The average molecular weight is 739 g/mol. The number of benzene rings is 7. The molecule has 0 spiro atoms. The molecule has 0 unspecified atom stereocenters. The molecule has 7 aromatic rings. The topological polar surface area (TPSA) is 6.48 Å². The average Bonchev–Trinajstić information content (AvgIpc) is 3.18. The largest absolute Gasteiger partial charge is 0.309 e. The van der Waals surface area contributed by atoms with Crippen LogP contribution < -0.4 is 30.5 Å². The second-order valence-electron chi connectivity index (χ2n) is 16.4. The maximum Gasteiger partial charge on any atom is 0.184 e. The fourth-order valence-corrected chi connectivity index (χ4v) is 13.6. The second kappa shape index (κ2) is 13.8. The van der Waals surface area contributed by atoms with Crippen molar-refractivity contribution in [3.05, 3.63) is 192 Å². The third-order valence-corrected chi connectivity index (χ3v) is 16.2. The van der Waals surface area contributed by atoms with E-state index >= 15 is 0 Å². The van der Waals surface area contributed by atoms with E-state index in [0.717, 1.165) is 34.1 Å². The molecule has 2 nitrogen and oxygen atoms in total. The Kier molecular flexibility index (Phi) is 9.12. The van der Waals surface area contributed by atoms with Gasteiger partial charge in [-0.25, -0.2) is 0 Å². The summed E-state index contributed by atoms with van der Waals surface area (Å²) in [6.07, 6.45) is 0. The summed E-state index contributed by atoms with van der Waals surface area (Å²) in [5.74, 6) is 0. The minimum atomic E-state index is -2.75. The molecule has 1 aliphatic rings. The van der Waals surface area contributed by atoms with Crippen molar-refractivity contribution in [1.82, 2.24) is 0 Å². The van der Waals surface area contributed by atoms with Crippen LogP contribution in [0.3, 0.4) is 0 Å². The highest BCUT2D eigenvalue weighted by Crippen LogP contribution is 2.48. The molecule has 1 heterocycles. The standard InChI is InChI=1S/C50H47ClN2Si/c1-49(2,3)36-28-32-38(33-29-36)52(39-34-30-37(31-35-39)50(4,5)6)44-24-17-25-45(48(44)51)53-42-22-13-15-26-46(42)54(40-18-9-7-10-19-40,41-20-11-8-12-21-41)47-27-16-14-23-43(47)53/h7-35H,1-6H3. The first-order chi connectivity index (χ1) is 26.0. The van der Waals surface area contributed by atoms with Crippen molar-refractivity contribution in [2.75, 3.05) is 9.80 Å². The summed E-state index contributed by atoms with van der Waals surface area (Å²) in [5, 5.41) is 6.10. The molecule has 268 valence electrons. The number of nitrogens with zero attached hydrogens (tertiary/aromatic N) is 2. The fraction of sp³-hybridized carbons (Fsp3) is 0.160. The van der Waals surface area contributed by atoms with Gasteiger partial charge in [-0.3, -0.25) is 0 Å². The molecule has 54 heavy (non-hydrogen) atoms.